The second kappa shape index (κ2) is 6.44. The van der Waals surface area contributed by atoms with Crippen molar-refractivity contribution in [3.05, 3.63) is 64.7 Å². The van der Waals surface area contributed by atoms with E-state index < -0.39 is 5.97 Å². The normalized spacial score (nSPS) is 12.0. The third-order valence-electron chi connectivity index (χ3n) is 3.69. The number of aliphatic carboxylic acids is 1. The summed E-state index contributed by atoms with van der Waals surface area (Å²) >= 11 is 0. The van der Waals surface area contributed by atoms with Gasteiger partial charge in [0.05, 0.1) is 13.5 Å². The van der Waals surface area contributed by atoms with Crippen LogP contribution in [0.15, 0.2) is 42.5 Å². The third kappa shape index (κ3) is 3.63. The average molecular weight is 284 g/mol. The van der Waals surface area contributed by atoms with E-state index >= 15 is 0 Å². The zero-order valence-electron chi connectivity index (χ0n) is 12.6. The zero-order chi connectivity index (χ0) is 15.4. The number of benzene rings is 2. The Morgan fingerprint density at radius 1 is 1.19 bits per heavy atom. The number of methoxy groups -OCH3 is 1. The van der Waals surface area contributed by atoms with Crippen LogP contribution in [0.5, 0.6) is 5.75 Å². The van der Waals surface area contributed by atoms with E-state index in [0.717, 1.165) is 28.0 Å². The monoisotopic (exact) mass is 284 g/mol. The quantitative estimate of drug-likeness (QED) is 0.905. The lowest BCUT2D eigenvalue weighted by atomic mass is 9.85. The predicted molar refractivity (Wildman–Crippen MR) is 83.0 cm³/mol. The van der Waals surface area contributed by atoms with Gasteiger partial charge in [-0.15, -0.1) is 0 Å². The Balaban J connectivity index is 2.51. The molecule has 0 spiro atoms. The number of carbonyl (C=O) groups is 1. The second-order valence-electron chi connectivity index (χ2n) is 5.29. The van der Waals surface area contributed by atoms with Crippen LogP contribution in [0.2, 0.25) is 0 Å². The number of aryl methyl sites for hydroxylation is 2. The SMILES string of the molecule is COc1cccc(C(CC(=O)O)c2cc(C)ccc2C)c1. The molecule has 3 heteroatoms. The summed E-state index contributed by atoms with van der Waals surface area (Å²) in [7, 11) is 1.61. The summed E-state index contributed by atoms with van der Waals surface area (Å²) < 4.78 is 5.25. The molecule has 0 aliphatic carbocycles. The van der Waals surface area contributed by atoms with Crippen molar-refractivity contribution >= 4 is 5.97 Å². The summed E-state index contributed by atoms with van der Waals surface area (Å²) in [6, 6.07) is 13.8. The molecule has 2 aromatic carbocycles. The van der Waals surface area contributed by atoms with Gasteiger partial charge in [-0.2, -0.15) is 0 Å². The molecule has 1 unspecified atom stereocenters. The van der Waals surface area contributed by atoms with Crippen molar-refractivity contribution in [1.29, 1.82) is 0 Å². The molecule has 2 aromatic rings. The maximum absolute atomic E-state index is 11.3. The molecule has 0 aliphatic rings. The summed E-state index contributed by atoms with van der Waals surface area (Å²) in [5.41, 5.74) is 4.26. The molecular weight excluding hydrogens is 264 g/mol. The van der Waals surface area contributed by atoms with E-state index in [4.69, 9.17) is 4.74 Å². The molecule has 21 heavy (non-hydrogen) atoms. The molecule has 0 aromatic heterocycles. The number of hydrogen-bond donors (Lipinski definition) is 1. The molecule has 0 aliphatic heterocycles. The lowest BCUT2D eigenvalue weighted by Crippen LogP contribution is -2.10. The van der Waals surface area contributed by atoms with Gasteiger partial charge in [0.2, 0.25) is 0 Å². The molecule has 1 N–H and O–H groups in total. The van der Waals surface area contributed by atoms with Crippen molar-refractivity contribution in [1.82, 2.24) is 0 Å². The van der Waals surface area contributed by atoms with Gasteiger partial charge >= 0.3 is 5.97 Å². The largest absolute Gasteiger partial charge is 0.497 e. The Labute approximate surface area is 125 Å². The molecule has 1 atom stereocenters. The lowest BCUT2D eigenvalue weighted by Gasteiger charge is -2.19. The first kappa shape index (κ1) is 15.1. The minimum absolute atomic E-state index is 0.0669. The Morgan fingerprint density at radius 3 is 2.62 bits per heavy atom. The zero-order valence-corrected chi connectivity index (χ0v) is 12.6. The summed E-state index contributed by atoms with van der Waals surface area (Å²) in [5.74, 6) is -0.227. The van der Waals surface area contributed by atoms with Gasteiger partial charge in [0.15, 0.2) is 0 Å². The van der Waals surface area contributed by atoms with Crippen molar-refractivity contribution in [3.63, 3.8) is 0 Å². The van der Waals surface area contributed by atoms with Crippen LogP contribution in [0, 0.1) is 13.8 Å². The number of ether oxygens (including phenoxy) is 1. The minimum atomic E-state index is -0.802. The fourth-order valence-corrected chi connectivity index (χ4v) is 2.58. The maximum Gasteiger partial charge on any atom is 0.304 e. The van der Waals surface area contributed by atoms with E-state index in [-0.39, 0.29) is 12.3 Å². The molecule has 0 radical (unpaired) electrons. The molecule has 2 rings (SSSR count). The highest BCUT2D eigenvalue weighted by Gasteiger charge is 2.20. The van der Waals surface area contributed by atoms with E-state index in [2.05, 4.69) is 6.07 Å². The standard InChI is InChI=1S/C18H20O3/c1-12-7-8-13(2)16(9-12)17(11-18(19)20)14-5-4-6-15(10-14)21-3/h4-10,17H,11H2,1-3H3,(H,19,20). The van der Waals surface area contributed by atoms with Gasteiger partial charge in [0.25, 0.3) is 0 Å². The number of carboxylic acid groups (broad SMARTS) is 1. The first-order chi connectivity index (χ1) is 10.0. The molecule has 0 bridgehead atoms. The van der Waals surface area contributed by atoms with Gasteiger partial charge in [-0.1, -0.05) is 35.9 Å². The Morgan fingerprint density at radius 2 is 1.95 bits per heavy atom. The minimum Gasteiger partial charge on any atom is -0.497 e. The maximum atomic E-state index is 11.3. The van der Waals surface area contributed by atoms with E-state index in [1.165, 1.54) is 0 Å². The number of hydrogen-bond acceptors (Lipinski definition) is 2. The van der Waals surface area contributed by atoms with Crippen LogP contribution in [0.4, 0.5) is 0 Å². The highest BCUT2D eigenvalue weighted by Crippen LogP contribution is 2.32. The second-order valence-corrected chi connectivity index (χ2v) is 5.29. The summed E-state index contributed by atoms with van der Waals surface area (Å²) in [4.78, 5) is 11.3. The van der Waals surface area contributed by atoms with Crippen molar-refractivity contribution in [2.24, 2.45) is 0 Å². The molecule has 110 valence electrons. The highest BCUT2D eigenvalue weighted by atomic mass is 16.5. The van der Waals surface area contributed by atoms with E-state index in [9.17, 15) is 9.90 Å². The fourth-order valence-electron chi connectivity index (χ4n) is 2.58. The van der Waals surface area contributed by atoms with E-state index in [1.54, 1.807) is 7.11 Å². The summed E-state index contributed by atoms with van der Waals surface area (Å²) in [6.45, 7) is 4.04. The molecule has 0 heterocycles. The van der Waals surface area contributed by atoms with Crippen LogP contribution < -0.4 is 4.74 Å². The van der Waals surface area contributed by atoms with Crippen molar-refractivity contribution in [2.75, 3.05) is 7.11 Å². The Kier molecular flexibility index (Phi) is 4.63. The smallest absolute Gasteiger partial charge is 0.304 e. The van der Waals surface area contributed by atoms with Crippen LogP contribution in [-0.4, -0.2) is 18.2 Å². The average Bonchev–Trinajstić information content (AvgIpc) is 2.47. The van der Waals surface area contributed by atoms with Gasteiger partial charge in [-0.25, -0.2) is 0 Å². The molecular formula is C18H20O3. The van der Waals surface area contributed by atoms with Crippen LogP contribution in [-0.2, 0) is 4.79 Å². The third-order valence-corrected chi connectivity index (χ3v) is 3.69. The lowest BCUT2D eigenvalue weighted by molar-refractivity contribution is -0.137. The van der Waals surface area contributed by atoms with Crippen molar-refractivity contribution in [3.8, 4) is 5.75 Å². The first-order valence-corrected chi connectivity index (χ1v) is 6.94. The topological polar surface area (TPSA) is 46.5 Å². The highest BCUT2D eigenvalue weighted by molar-refractivity contribution is 5.69. The summed E-state index contributed by atoms with van der Waals surface area (Å²) in [6.07, 6.45) is 0.0669. The van der Waals surface area contributed by atoms with Crippen LogP contribution in [0.1, 0.15) is 34.6 Å². The van der Waals surface area contributed by atoms with Gasteiger partial charge in [0.1, 0.15) is 5.75 Å². The van der Waals surface area contributed by atoms with Gasteiger partial charge < -0.3 is 9.84 Å². The Hall–Kier alpha value is -2.29. The van der Waals surface area contributed by atoms with Gasteiger partial charge in [0, 0.05) is 5.92 Å². The molecule has 0 saturated carbocycles. The van der Waals surface area contributed by atoms with Crippen LogP contribution in [0.3, 0.4) is 0 Å². The van der Waals surface area contributed by atoms with E-state index in [0.29, 0.717) is 0 Å². The molecule has 0 saturated heterocycles. The molecule has 0 fully saturated rings. The number of carboxylic acids is 1. The molecule has 0 amide bonds. The fraction of sp³-hybridized carbons (Fsp3) is 0.278. The van der Waals surface area contributed by atoms with Crippen LogP contribution in [0.25, 0.3) is 0 Å². The van der Waals surface area contributed by atoms with Crippen molar-refractivity contribution < 1.29 is 14.6 Å². The Bertz CT molecular complexity index is 647. The van der Waals surface area contributed by atoms with E-state index in [1.807, 2.05) is 50.2 Å². The van der Waals surface area contributed by atoms with Crippen LogP contribution >= 0.6 is 0 Å². The van der Waals surface area contributed by atoms with Crippen molar-refractivity contribution in [2.45, 2.75) is 26.2 Å². The predicted octanol–water partition coefficient (Wildman–Crippen LogP) is 3.92. The first-order valence-electron chi connectivity index (χ1n) is 6.94. The summed E-state index contributed by atoms with van der Waals surface area (Å²) in [5, 5.41) is 9.26. The number of rotatable bonds is 5. The molecule has 3 nitrogen and oxygen atoms in total. The van der Waals surface area contributed by atoms with Gasteiger partial charge in [-0.3, -0.25) is 4.79 Å². The van der Waals surface area contributed by atoms with Gasteiger partial charge in [-0.05, 0) is 42.7 Å².